The zero-order valence-corrected chi connectivity index (χ0v) is 11.2. The van der Waals surface area contributed by atoms with Crippen molar-refractivity contribution in [1.29, 1.82) is 0 Å². The molecule has 0 aromatic heterocycles. The third-order valence-electron chi connectivity index (χ3n) is 2.73. The fraction of sp³-hybridized carbons (Fsp3) is 0.200. The molecule has 0 aliphatic carbocycles. The minimum atomic E-state index is 0.802. The molecule has 0 aliphatic rings. The second-order valence-corrected chi connectivity index (χ2v) is 4.59. The van der Waals surface area contributed by atoms with E-state index in [1.165, 1.54) is 0 Å². The van der Waals surface area contributed by atoms with Gasteiger partial charge in [-0.25, -0.2) is 0 Å². The van der Waals surface area contributed by atoms with Gasteiger partial charge in [0.1, 0.15) is 0 Å². The number of para-hydroxylation sites is 1. The van der Waals surface area contributed by atoms with Gasteiger partial charge in [-0.05, 0) is 36.8 Å². The Morgan fingerprint density at radius 1 is 0.889 bits per heavy atom. The van der Waals surface area contributed by atoms with Gasteiger partial charge in [0, 0.05) is 29.5 Å². The van der Waals surface area contributed by atoms with Gasteiger partial charge >= 0.3 is 0 Å². The maximum atomic E-state index is 6.07. The molecule has 0 aliphatic heterocycles. The Morgan fingerprint density at radius 2 is 1.56 bits per heavy atom. The molecule has 2 rings (SSSR count). The maximum absolute atomic E-state index is 6.07. The normalized spacial score (nSPS) is 10.1. The highest BCUT2D eigenvalue weighted by Gasteiger charge is 1.97. The third kappa shape index (κ3) is 3.67. The molecule has 18 heavy (non-hydrogen) atoms. The molecule has 0 radical (unpaired) electrons. The fourth-order valence-electron chi connectivity index (χ4n) is 1.67. The van der Waals surface area contributed by atoms with Crippen molar-refractivity contribution in [2.24, 2.45) is 0 Å². The van der Waals surface area contributed by atoms with E-state index in [9.17, 15) is 0 Å². The van der Waals surface area contributed by atoms with Crippen molar-refractivity contribution < 1.29 is 0 Å². The van der Waals surface area contributed by atoms with Gasteiger partial charge in [0.15, 0.2) is 0 Å². The molecule has 0 heterocycles. The second-order valence-electron chi connectivity index (χ2n) is 4.18. The van der Waals surface area contributed by atoms with Crippen LogP contribution in [0, 0.1) is 6.92 Å². The monoisotopic (exact) mass is 260 g/mol. The van der Waals surface area contributed by atoms with Crippen molar-refractivity contribution in [1.82, 2.24) is 0 Å². The first-order valence-corrected chi connectivity index (χ1v) is 6.42. The van der Waals surface area contributed by atoms with Crippen LogP contribution in [-0.2, 0) is 0 Å². The summed E-state index contributed by atoms with van der Waals surface area (Å²) in [6.07, 6.45) is 0. The smallest absolute Gasteiger partial charge is 0.0455 e. The van der Waals surface area contributed by atoms with Crippen molar-refractivity contribution in [2.75, 3.05) is 23.7 Å². The van der Waals surface area contributed by atoms with Crippen LogP contribution in [0.2, 0.25) is 5.02 Å². The largest absolute Gasteiger partial charge is 0.383 e. The molecule has 0 unspecified atom stereocenters. The first-order chi connectivity index (χ1) is 8.75. The summed E-state index contributed by atoms with van der Waals surface area (Å²) in [7, 11) is 0. The summed E-state index contributed by atoms with van der Waals surface area (Å²) in [5.74, 6) is 0. The number of halogens is 1. The lowest BCUT2D eigenvalue weighted by atomic mass is 10.2. The summed E-state index contributed by atoms with van der Waals surface area (Å²) in [4.78, 5) is 0. The Morgan fingerprint density at radius 3 is 2.22 bits per heavy atom. The van der Waals surface area contributed by atoms with Crippen LogP contribution in [0.3, 0.4) is 0 Å². The standard InChI is InChI=1S/C15H17ClN2/c1-12-7-8-14(11-15(12)16)18-10-9-17-13-5-3-2-4-6-13/h2-8,11,17-18H,9-10H2,1H3. The molecular weight excluding hydrogens is 244 g/mol. The Labute approximate surface area is 113 Å². The van der Waals surface area contributed by atoms with Gasteiger partial charge in [-0.1, -0.05) is 35.9 Å². The van der Waals surface area contributed by atoms with Crippen LogP contribution in [0.5, 0.6) is 0 Å². The zero-order chi connectivity index (χ0) is 12.8. The molecule has 0 saturated heterocycles. The number of aryl methyl sites for hydroxylation is 1. The van der Waals surface area contributed by atoms with Gasteiger partial charge < -0.3 is 10.6 Å². The fourth-order valence-corrected chi connectivity index (χ4v) is 1.85. The van der Waals surface area contributed by atoms with Crippen LogP contribution >= 0.6 is 11.6 Å². The van der Waals surface area contributed by atoms with Crippen LogP contribution in [-0.4, -0.2) is 13.1 Å². The maximum Gasteiger partial charge on any atom is 0.0455 e. The average Bonchev–Trinajstić information content (AvgIpc) is 2.40. The first-order valence-electron chi connectivity index (χ1n) is 6.04. The van der Waals surface area contributed by atoms with E-state index in [1.807, 2.05) is 43.3 Å². The Hall–Kier alpha value is -1.67. The minimum absolute atomic E-state index is 0.802. The van der Waals surface area contributed by atoms with E-state index in [2.05, 4.69) is 22.8 Å². The summed E-state index contributed by atoms with van der Waals surface area (Å²) >= 11 is 6.07. The van der Waals surface area contributed by atoms with Crippen molar-refractivity contribution in [2.45, 2.75) is 6.92 Å². The molecule has 0 spiro atoms. The van der Waals surface area contributed by atoms with Crippen molar-refractivity contribution in [3.8, 4) is 0 Å². The zero-order valence-electron chi connectivity index (χ0n) is 10.4. The highest BCUT2D eigenvalue weighted by atomic mass is 35.5. The van der Waals surface area contributed by atoms with Gasteiger partial charge in [0.05, 0.1) is 0 Å². The highest BCUT2D eigenvalue weighted by Crippen LogP contribution is 2.19. The minimum Gasteiger partial charge on any atom is -0.383 e. The van der Waals surface area contributed by atoms with E-state index in [0.717, 1.165) is 35.1 Å². The quantitative estimate of drug-likeness (QED) is 0.789. The number of hydrogen-bond donors (Lipinski definition) is 2. The summed E-state index contributed by atoms with van der Waals surface area (Å²) in [5.41, 5.74) is 3.30. The molecule has 0 amide bonds. The molecule has 0 bridgehead atoms. The number of rotatable bonds is 5. The Balaban J connectivity index is 1.77. The lowest BCUT2D eigenvalue weighted by molar-refractivity contribution is 1.08. The molecule has 2 nitrogen and oxygen atoms in total. The van der Waals surface area contributed by atoms with Crippen LogP contribution in [0.4, 0.5) is 11.4 Å². The van der Waals surface area contributed by atoms with Crippen molar-refractivity contribution >= 4 is 23.0 Å². The van der Waals surface area contributed by atoms with E-state index in [4.69, 9.17) is 11.6 Å². The van der Waals surface area contributed by atoms with Gasteiger partial charge in [0.2, 0.25) is 0 Å². The number of hydrogen-bond acceptors (Lipinski definition) is 2. The summed E-state index contributed by atoms with van der Waals surface area (Å²) in [6.45, 7) is 3.73. The van der Waals surface area contributed by atoms with Gasteiger partial charge in [0.25, 0.3) is 0 Å². The molecule has 0 atom stereocenters. The number of benzene rings is 2. The second kappa shape index (κ2) is 6.31. The number of anilines is 2. The Bertz CT molecular complexity index is 497. The van der Waals surface area contributed by atoms with Crippen molar-refractivity contribution in [3.05, 3.63) is 59.1 Å². The molecule has 2 aromatic rings. The third-order valence-corrected chi connectivity index (χ3v) is 3.14. The van der Waals surface area contributed by atoms with Crippen LogP contribution in [0.15, 0.2) is 48.5 Å². The molecule has 2 aromatic carbocycles. The van der Waals surface area contributed by atoms with E-state index < -0.39 is 0 Å². The van der Waals surface area contributed by atoms with Crippen LogP contribution < -0.4 is 10.6 Å². The van der Waals surface area contributed by atoms with E-state index in [-0.39, 0.29) is 0 Å². The average molecular weight is 261 g/mol. The van der Waals surface area contributed by atoms with E-state index >= 15 is 0 Å². The number of nitrogens with one attached hydrogen (secondary N) is 2. The summed E-state index contributed by atoms with van der Waals surface area (Å²) in [6, 6.07) is 16.2. The van der Waals surface area contributed by atoms with Crippen LogP contribution in [0.25, 0.3) is 0 Å². The van der Waals surface area contributed by atoms with E-state index in [0.29, 0.717) is 0 Å². The lowest BCUT2D eigenvalue weighted by Crippen LogP contribution is -2.13. The molecule has 3 heteroatoms. The van der Waals surface area contributed by atoms with Crippen molar-refractivity contribution in [3.63, 3.8) is 0 Å². The predicted molar refractivity (Wildman–Crippen MR) is 79.6 cm³/mol. The SMILES string of the molecule is Cc1ccc(NCCNc2ccccc2)cc1Cl. The molecular formula is C15H17ClN2. The lowest BCUT2D eigenvalue weighted by Gasteiger charge is -2.09. The highest BCUT2D eigenvalue weighted by molar-refractivity contribution is 6.31. The predicted octanol–water partition coefficient (Wildman–Crippen LogP) is 4.17. The summed E-state index contributed by atoms with van der Waals surface area (Å²) in [5, 5.41) is 7.48. The molecule has 0 fully saturated rings. The topological polar surface area (TPSA) is 24.1 Å². The molecule has 0 saturated carbocycles. The van der Waals surface area contributed by atoms with E-state index in [1.54, 1.807) is 0 Å². The van der Waals surface area contributed by atoms with Gasteiger partial charge in [-0.15, -0.1) is 0 Å². The van der Waals surface area contributed by atoms with Crippen LogP contribution in [0.1, 0.15) is 5.56 Å². The van der Waals surface area contributed by atoms with Gasteiger partial charge in [-0.3, -0.25) is 0 Å². The first kappa shape index (κ1) is 12.8. The Kier molecular flexibility index (Phi) is 4.48. The molecule has 2 N–H and O–H groups in total. The summed E-state index contributed by atoms with van der Waals surface area (Å²) < 4.78 is 0. The van der Waals surface area contributed by atoms with Gasteiger partial charge in [-0.2, -0.15) is 0 Å². The molecule has 94 valence electrons.